The zero-order valence-corrected chi connectivity index (χ0v) is 15.6. The van der Waals surface area contributed by atoms with Crippen LogP contribution in [-0.2, 0) is 6.54 Å². The fourth-order valence-corrected chi connectivity index (χ4v) is 2.58. The number of nitrogens with zero attached hydrogens (tertiary/aromatic N) is 4. The largest absolute Gasteiger partial charge is 0.363 e. The minimum atomic E-state index is -0.192. The second kappa shape index (κ2) is 7.48. The predicted molar refractivity (Wildman–Crippen MR) is 102 cm³/mol. The van der Waals surface area contributed by atoms with E-state index < -0.39 is 0 Å². The first kappa shape index (κ1) is 17.2. The van der Waals surface area contributed by atoms with Gasteiger partial charge in [-0.25, -0.2) is 9.67 Å². The van der Waals surface area contributed by atoms with Crippen molar-refractivity contribution in [1.82, 2.24) is 14.8 Å². The highest BCUT2D eigenvalue weighted by Gasteiger charge is 2.11. The molecule has 25 heavy (non-hydrogen) atoms. The molecular weight excluding hydrogens is 382 g/mol. The van der Waals surface area contributed by atoms with E-state index in [-0.39, 0.29) is 5.91 Å². The first-order chi connectivity index (χ1) is 12.0. The standard InChI is InChI=1S/C18H18BrN5O/c1-23(2)17-11-14(7-9-20-17)18(25)22-16-8-10-21-24(16)12-13-3-5-15(19)6-4-13/h3-11H,12H2,1-2H3,(H,22,25). The molecule has 0 saturated heterocycles. The molecule has 3 aromatic rings. The monoisotopic (exact) mass is 399 g/mol. The average molecular weight is 400 g/mol. The van der Waals surface area contributed by atoms with Crippen LogP contribution in [0, 0.1) is 0 Å². The minimum Gasteiger partial charge on any atom is -0.363 e. The van der Waals surface area contributed by atoms with E-state index in [0.717, 1.165) is 15.9 Å². The molecular formula is C18H18BrN5O. The van der Waals surface area contributed by atoms with E-state index in [0.29, 0.717) is 17.9 Å². The smallest absolute Gasteiger partial charge is 0.256 e. The van der Waals surface area contributed by atoms with Gasteiger partial charge in [-0.3, -0.25) is 4.79 Å². The minimum absolute atomic E-state index is 0.192. The highest BCUT2D eigenvalue weighted by molar-refractivity contribution is 9.10. The van der Waals surface area contributed by atoms with E-state index in [2.05, 4.69) is 31.3 Å². The van der Waals surface area contributed by atoms with Gasteiger partial charge in [-0.15, -0.1) is 0 Å². The Morgan fingerprint density at radius 2 is 1.92 bits per heavy atom. The second-order valence-electron chi connectivity index (χ2n) is 5.75. The number of aromatic nitrogens is 3. The number of amides is 1. The summed E-state index contributed by atoms with van der Waals surface area (Å²) in [5.41, 5.74) is 1.65. The summed E-state index contributed by atoms with van der Waals surface area (Å²) in [7, 11) is 3.77. The third-order valence-electron chi connectivity index (χ3n) is 3.67. The Morgan fingerprint density at radius 1 is 1.16 bits per heavy atom. The lowest BCUT2D eigenvalue weighted by molar-refractivity contribution is 0.102. The van der Waals surface area contributed by atoms with Gasteiger partial charge in [0.1, 0.15) is 11.6 Å². The molecule has 6 nitrogen and oxygen atoms in total. The van der Waals surface area contributed by atoms with Crippen LogP contribution in [0.15, 0.2) is 59.3 Å². The molecule has 0 bridgehead atoms. The van der Waals surface area contributed by atoms with Crippen molar-refractivity contribution in [2.45, 2.75) is 6.54 Å². The molecule has 2 aromatic heterocycles. The van der Waals surface area contributed by atoms with E-state index in [1.54, 1.807) is 35.3 Å². The van der Waals surface area contributed by atoms with Crippen molar-refractivity contribution in [2.24, 2.45) is 0 Å². The first-order valence-electron chi connectivity index (χ1n) is 7.74. The van der Waals surface area contributed by atoms with Crippen LogP contribution >= 0.6 is 15.9 Å². The van der Waals surface area contributed by atoms with Gasteiger partial charge in [0.2, 0.25) is 0 Å². The summed E-state index contributed by atoms with van der Waals surface area (Å²) in [6.45, 7) is 0.579. The maximum Gasteiger partial charge on any atom is 0.256 e. The van der Waals surface area contributed by atoms with E-state index in [4.69, 9.17) is 0 Å². The molecule has 0 aliphatic rings. The number of carbonyl (C=O) groups is 1. The fraction of sp³-hybridized carbons (Fsp3) is 0.167. The van der Waals surface area contributed by atoms with Crippen molar-refractivity contribution in [1.29, 1.82) is 0 Å². The van der Waals surface area contributed by atoms with Crippen LogP contribution in [0.5, 0.6) is 0 Å². The number of carbonyl (C=O) groups excluding carboxylic acids is 1. The molecule has 3 rings (SSSR count). The molecule has 0 unspecified atom stereocenters. The molecule has 0 radical (unpaired) electrons. The number of hydrogen-bond donors (Lipinski definition) is 1. The molecule has 0 spiro atoms. The van der Waals surface area contributed by atoms with Crippen molar-refractivity contribution in [3.05, 3.63) is 70.5 Å². The Labute approximate surface area is 154 Å². The lowest BCUT2D eigenvalue weighted by Crippen LogP contribution is -2.17. The topological polar surface area (TPSA) is 63.1 Å². The summed E-state index contributed by atoms with van der Waals surface area (Å²) in [5.74, 6) is 1.19. The van der Waals surface area contributed by atoms with Gasteiger partial charge in [-0.2, -0.15) is 5.10 Å². The summed E-state index contributed by atoms with van der Waals surface area (Å²) >= 11 is 3.42. The Morgan fingerprint density at radius 3 is 2.64 bits per heavy atom. The highest BCUT2D eigenvalue weighted by atomic mass is 79.9. The van der Waals surface area contributed by atoms with E-state index in [9.17, 15) is 4.79 Å². The second-order valence-corrected chi connectivity index (χ2v) is 6.67. The molecule has 0 atom stereocenters. The zero-order valence-electron chi connectivity index (χ0n) is 14.0. The summed E-state index contributed by atoms with van der Waals surface area (Å²) in [4.78, 5) is 18.6. The Hall–Kier alpha value is -2.67. The van der Waals surface area contributed by atoms with Gasteiger partial charge in [-0.05, 0) is 29.8 Å². The van der Waals surface area contributed by atoms with Crippen molar-refractivity contribution in [3.63, 3.8) is 0 Å². The van der Waals surface area contributed by atoms with Crippen molar-refractivity contribution in [3.8, 4) is 0 Å². The lowest BCUT2D eigenvalue weighted by Gasteiger charge is -2.13. The first-order valence-corrected chi connectivity index (χ1v) is 8.53. The third kappa shape index (κ3) is 4.24. The Balaban J connectivity index is 1.75. The van der Waals surface area contributed by atoms with Crippen LogP contribution in [0.4, 0.5) is 11.6 Å². The highest BCUT2D eigenvalue weighted by Crippen LogP contribution is 2.16. The molecule has 2 heterocycles. The molecule has 0 aliphatic heterocycles. The number of halogens is 1. The van der Waals surface area contributed by atoms with Crippen LogP contribution < -0.4 is 10.2 Å². The normalized spacial score (nSPS) is 10.5. The molecule has 1 amide bonds. The Kier molecular flexibility index (Phi) is 5.14. The molecule has 0 aliphatic carbocycles. The lowest BCUT2D eigenvalue weighted by atomic mass is 10.2. The fourth-order valence-electron chi connectivity index (χ4n) is 2.32. The van der Waals surface area contributed by atoms with Crippen LogP contribution in [0.3, 0.4) is 0 Å². The van der Waals surface area contributed by atoms with Crippen LogP contribution in [0.25, 0.3) is 0 Å². The average Bonchev–Trinajstić information content (AvgIpc) is 3.03. The number of benzene rings is 1. The predicted octanol–water partition coefficient (Wildman–Crippen LogP) is 3.41. The SMILES string of the molecule is CN(C)c1cc(C(=O)Nc2ccnn2Cc2ccc(Br)cc2)ccn1. The van der Waals surface area contributed by atoms with Gasteiger partial charge in [-0.1, -0.05) is 28.1 Å². The quantitative estimate of drug-likeness (QED) is 0.713. The number of anilines is 2. The van der Waals surface area contributed by atoms with Gasteiger partial charge in [0, 0.05) is 36.4 Å². The molecule has 1 N–H and O–H groups in total. The van der Waals surface area contributed by atoms with Crippen LogP contribution in [0.2, 0.25) is 0 Å². The van der Waals surface area contributed by atoms with Gasteiger partial charge >= 0.3 is 0 Å². The molecule has 128 valence electrons. The number of hydrogen-bond acceptors (Lipinski definition) is 4. The van der Waals surface area contributed by atoms with Gasteiger partial charge in [0.15, 0.2) is 0 Å². The summed E-state index contributed by atoms with van der Waals surface area (Å²) in [6.07, 6.45) is 3.30. The summed E-state index contributed by atoms with van der Waals surface area (Å²) in [6, 6.07) is 13.2. The van der Waals surface area contributed by atoms with E-state index in [1.807, 2.05) is 43.3 Å². The van der Waals surface area contributed by atoms with Crippen LogP contribution in [-0.4, -0.2) is 34.8 Å². The zero-order chi connectivity index (χ0) is 17.8. The maximum absolute atomic E-state index is 12.5. The number of pyridine rings is 1. The van der Waals surface area contributed by atoms with Gasteiger partial charge < -0.3 is 10.2 Å². The van der Waals surface area contributed by atoms with Crippen molar-refractivity contribution >= 4 is 33.5 Å². The van der Waals surface area contributed by atoms with Gasteiger partial charge in [0.25, 0.3) is 5.91 Å². The van der Waals surface area contributed by atoms with Crippen molar-refractivity contribution < 1.29 is 4.79 Å². The third-order valence-corrected chi connectivity index (χ3v) is 4.20. The van der Waals surface area contributed by atoms with Crippen LogP contribution in [0.1, 0.15) is 15.9 Å². The molecule has 0 fully saturated rings. The number of nitrogens with one attached hydrogen (secondary N) is 1. The van der Waals surface area contributed by atoms with E-state index >= 15 is 0 Å². The van der Waals surface area contributed by atoms with Gasteiger partial charge in [0.05, 0.1) is 12.7 Å². The maximum atomic E-state index is 12.5. The molecule has 1 aromatic carbocycles. The molecule has 0 saturated carbocycles. The van der Waals surface area contributed by atoms with E-state index in [1.165, 1.54) is 0 Å². The Bertz CT molecular complexity index is 873. The summed E-state index contributed by atoms with van der Waals surface area (Å²) < 4.78 is 2.79. The number of rotatable bonds is 5. The van der Waals surface area contributed by atoms with Crippen molar-refractivity contribution in [2.75, 3.05) is 24.3 Å². The summed E-state index contributed by atoms with van der Waals surface area (Å²) in [5, 5.41) is 7.21. The molecule has 7 heteroatoms.